The maximum absolute atomic E-state index is 12.9. The van der Waals surface area contributed by atoms with Gasteiger partial charge in [0, 0.05) is 11.8 Å². The first-order valence-electron chi connectivity index (χ1n) is 4.98. The third-order valence-corrected chi connectivity index (χ3v) is 2.17. The highest BCUT2D eigenvalue weighted by Gasteiger charge is 2.08. The molecular formula is C11H9FN4O2. The van der Waals surface area contributed by atoms with Crippen LogP contribution in [-0.4, -0.2) is 16.1 Å². The first-order chi connectivity index (χ1) is 8.56. The standard InChI is InChI=1S/C11H9FN4O2/c12-7-2-1-6(5-8(7)13)14-11(18)9-3-4-10(17)16-15-9/h1-5H,13H2,(H,14,18)(H,16,17). The number of nitrogen functional groups attached to an aromatic ring is 1. The second-order valence-corrected chi connectivity index (χ2v) is 3.50. The van der Waals surface area contributed by atoms with Crippen molar-refractivity contribution in [2.75, 3.05) is 11.1 Å². The molecule has 4 N–H and O–H groups in total. The minimum Gasteiger partial charge on any atom is -0.396 e. The topological polar surface area (TPSA) is 101 Å². The molecule has 0 aliphatic carbocycles. The molecule has 0 unspecified atom stereocenters. The molecule has 2 aromatic rings. The smallest absolute Gasteiger partial charge is 0.276 e. The van der Waals surface area contributed by atoms with E-state index >= 15 is 0 Å². The number of nitrogens with zero attached hydrogens (tertiary/aromatic N) is 1. The second kappa shape index (κ2) is 4.66. The summed E-state index contributed by atoms with van der Waals surface area (Å²) in [4.78, 5) is 22.5. The molecule has 92 valence electrons. The van der Waals surface area contributed by atoms with E-state index in [4.69, 9.17) is 5.73 Å². The minimum absolute atomic E-state index is 0.0393. The van der Waals surface area contributed by atoms with Crippen LogP contribution in [0.15, 0.2) is 35.1 Å². The molecule has 1 aromatic heterocycles. The van der Waals surface area contributed by atoms with Gasteiger partial charge in [-0.2, -0.15) is 5.10 Å². The Balaban J connectivity index is 2.18. The van der Waals surface area contributed by atoms with Gasteiger partial charge in [0.15, 0.2) is 0 Å². The quantitative estimate of drug-likeness (QED) is 0.682. The fourth-order valence-corrected chi connectivity index (χ4v) is 1.29. The monoisotopic (exact) mass is 248 g/mol. The summed E-state index contributed by atoms with van der Waals surface area (Å²) in [6.07, 6.45) is 0. The van der Waals surface area contributed by atoms with Gasteiger partial charge >= 0.3 is 0 Å². The molecule has 1 amide bonds. The Kier molecular flexibility index (Phi) is 3.05. The van der Waals surface area contributed by atoms with Crippen LogP contribution < -0.4 is 16.6 Å². The van der Waals surface area contributed by atoms with Gasteiger partial charge in [-0.15, -0.1) is 0 Å². The van der Waals surface area contributed by atoms with E-state index in [0.29, 0.717) is 5.69 Å². The fourth-order valence-electron chi connectivity index (χ4n) is 1.29. The van der Waals surface area contributed by atoms with E-state index in [-0.39, 0.29) is 11.4 Å². The summed E-state index contributed by atoms with van der Waals surface area (Å²) in [5.74, 6) is -1.09. The minimum atomic E-state index is -0.560. The lowest BCUT2D eigenvalue weighted by Gasteiger charge is -2.05. The Morgan fingerprint density at radius 3 is 2.72 bits per heavy atom. The maximum Gasteiger partial charge on any atom is 0.276 e. The van der Waals surface area contributed by atoms with Crippen molar-refractivity contribution in [3.05, 3.63) is 52.2 Å². The molecule has 7 heteroatoms. The van der Waals surface area contributed by atoms with Crippen molar-refractivity contribution in [1.29, 1.82) is 0 Å². The Morgan fingerprint density at radius 1 is 1.33 bits per heavy atom. The van der Waals surface area contributed by atoms with E-state index in [9.17, 15) is 14.0 Å². The molecule has 18 heavy (non-hydrogen) atoms. The zero-order valence-corrected chi connectivity index (χ0v) is 9.11. The van der Waals surface area contributed by atoms with E-state index in [1.807, 2.05) is 0 Å². The van der Waals surface area contributed by atoms with Gasteiger partial charge in [-0.25, -0.2) is 9.49 Å². The van der Waals surface area contributed by atoms with E-state index in [1.54, 1.807) is 0 Å². The van der Waals surface area contributed by atoms with Crippen molar-refractivity contribution in [2.45, 2.75) is 0 Å². The van der Waals surface area contributed by atoms with Crippen LogP contribution in [0.4, 0.5) is 15.8 Å². The van der Waals surface area contributed by atoms with E-state index in [1.165, 1.54) is 24.3 Å². The van der Waals surface area contributed by atoms with Gasteiger partial charge in [-0.3, -0.25) is 9.59 Å². The first kappa shape index (κ1) is 11.8. The fraction of sp³-hybridized carbons (Fsp3) is 0. The van der Waals surface area contributed by atoms with Crippen molar-refractivity contribution in [1.82, 2.24) is 10.2 Å². The van der Waals surface area contributed by atoms with Crippen LogP contribution in [0.3, 0.4) is 0 Å². The normalized spacial score (nSPS) is 10.1. The van der Waals surface area contributed by atoms with Crippen molar-refractivity contribution >= 4 is 17.3 Å². The average Bonchev–Trinajstić information content (AvgIpc) is 2.34. The van der Waals surface area contributed by atoms with Gasteiger partial charge in [0.1, 0.15) is 11.5 Å². The number of carbonyl (C=O) groups excluding carboxylic acids is 1. The van der Waals surface area contributed by atoms with Gasteiger partial charge in [-0.05, 0) is 24.3 Å². The lowest BCUT2D eigenvalue weighted by atomic mass is 10.2. The largest absolute Gasteiger partial charge is 0.396 e. The molecule has 0 spiro atoms. The Bertz CT molecular complexity index is 633. The maximum atomic E-state index is 12.9. The van der Waals surface area contributed by atoms with Crippen LogP contribution >= 0.6 is 0 Å². The van der Waals surface area contributed by atoms with Gasteiger partial charge in [-0.1, -0.05) is 0 Å². The molecule has 0 bridgehead atoms. The summed E-state index contributed by atoms with van der Waals surface area (Å²) in [7, 11) is 0. The predicted molar refractivity (Wildman–Crippen MR) is 63.6 cm³/mol. The zero-order chi connectivity index (χ0) is 13.1. The number of rotatable bonds is 2. The third kappa shape index (κ3) is 2.51. The first-order valence-corrected chi connectivity index (χ1v) is 4.98. The van der Waals surface area contributed by atoms with Crippen molar-refractivity contribution in [3.8, 4) is 0 Å². The number of halogens is 1. The number of carbonyl (C=O) groups is 1. The van der Waals surface area contributed by atoms with E-state index in [2.05, 4.69) is 15.5 Å². The molecule has 0 atom stereocenters. The van der Waals surface area contributed by atoms with E-state index in [0.717, 1.165) is 6.07 Å². The number of nitrogens with two attached hydrogens (primary N) is 1. The van der Waals surface area contributed by atoms with Crippen molar-refractivity contribution < 1.29 is 9.18 Å². The highest BCUT2D eigenvalue weighted by molar-refractivity contribution is 6.02. The SMILES string of the molecule is Nc1cc(NC(=O)c2ccc(=O)[nH]n2)ccc1F. The second-order valence-electron chi connectivity index (χ2n) is 3.50. The number of hydrogen-bond donors (Lipinski definition) is 3. The van der Waals surface area contributed by atoms with Gasteiger partial charge in [0.25, 0.3) is 11.5 Å². The number of benzene rings is 1. The Morgan fingerprint density at radius 2 is 2.11 bits per heavy atom. The summed E-state index contributed by atoms with van der Waals surface area (Å²) < 4.78 is 12.9. The van der Waals surface area contributed by atoms with Crippen molar-refractivity contribution in [3.63, 3.8) is 0 Å². The van der Waals surface area contributed by atoms with Crippen LogP contribution in [0.25, 0.3) is 0 Å². The summed E-state index contributed by atoms with van der Waals surface area (Å²) in [6.45, 7) is 0. The molecule has 0 fully saturated rings. The zero-order valence-electron chi connectivity index (χ0n) is 9.11. The molecule has 0 aliphatic rings. The van der Waals surface area contributed by atoms with Gasteiger partial charge in [0.05, 0.1) is 5.69 Å². The van der Waals surface area contributed by atoms with Gasteiger partial charge < -0.3 is 11.1 Å². The van der Waals surface area contributed by atoms with E-state index < -0.39 is 17.3 Å². The van der Waals surface area contributed by atoms with Crippen LogP contribution in [0.1, 0.15) is 10.5 Å². The highest BCUT2D eigenvalue weighted by Crippen LogP contribution is 2.16. The molecule has 1 aromatic carbocycles. The lowest BCUT2D eigenvalue weighted by molar-refractivity contribution is 0.102. The summed E-state index contributed by atoms with van der Waals surface area (Å²) in [5.41, 5.74) is 5.27. The molecule has 1 heterocycles. The molecule has 2 rings (SSSR count). The van der Waals surface area contributed by atoms with Crippen LogP contribution in [0.5, 0.6) is 0 Å². The summed E-state index contributed by atoms with van der Waals surface area (Å²) in [5, 5.41) is 8.17. The Hall–Kier alpha value is -2.70. The molecule has 6 nitrogen and oxygen atoms in total. The van der Waals surface area contributed by atoms with Crippen LogP contribution in [0.2, 0.25) is 0 Å². The van der Waals surface area contributed by atoms with Crippen LogP contribution in [-0.2, 0) is 0 Å². The molecule has 0 saturated carbocycles. The predicted octanol–water partition coefficient (Wildman–Crippen LogP) is 0.743. The number of aromatic amines is 1. The highest BCUT2D eigenvalue weighted by atomic mass is 19.1. The average molecular weight is 248 g/mol. The molecule has 0 radical (unpaired) electrons. The number of anilines is 2. The molecule has 0 saturated heterocycles. The Labute approximate surface area is 101 Å². The van der Waals surface area contributed by atoms with Crippen molar-refractivity contribution in [2.24, 2.45) is 0 Å². The number of aromatic nitrogens is 2. The summed E-state index contributed by atoms with van der Waals surface area (Å²) in [6, 6.07) is 6.27. The number of hydrogen-bond acceptors (Lipinski definition) is 4. The van der Waals surface area contributed by atoms with Gasteiger partial charge in [0.2, 0.25) is 0 Å². The number of nitrogens with one attached hydrogen (secondary N) is 2. The number of H-pyrrole nitrogens is 1. The molecule has 0 aliphatic heterocycles. The lowest BCUT2D eigenvalue weighted by Crippen LogP contribution is -2.17. The number of amides is 1. The third-order valence-electron chi connectivity index (χ3n) is 2.17. The summed E-state index contributed by atoms with van der Waals surface area (Å²) >= 11 is 0. The molecular weight excluding hydrogens is 239 g/mol. The van der Waals surface area contributed by atoms with Crippen LogP contribution in [0, 0.1) is 5.82 Å².